The minimum Gasteiger partial charge on any atom is -0.482 e. The van der Waals surface area contributed by atoms with Crippen molar-refractivity contribution in [3.63, 3.8) is 0 Å². The largest absolute Gasteiger partial charge is 0.482 e. The highest BCUT2D eigenvalue weighted by atomic mass is 35.5. The molecule has 1 aromatic carbocycles. The first-order valence-corrected chi connectivity index (χ1v) is 6.71. The molecule has 1 N–H and O–H groups in total. The molecule has 1 amide bonds. The topological polar surface area (TPSA) is 49.8 Å². The molecule has 1 aliphatic heterocycles. The van der Waals surface area contributed by atoms with Crippen LogP contribution in [0.25, 0.3) is 0 Å². The maximum absolute atomic E-state index is 11.9. The van der Waals surface area contributed by atoms with Crippen LogP contribution in [0.4, 0.5) is 0 Å². The summed E-state index contributed by atoms with van der Waals surface area (Å²) >= 11 is 11.7. The fourth-order valence-electron chi connectivity index (χ4n) is 1.98. The number of hydrogen-bond acceptors (Lipinski definition) is 3. The molecule has 1 aliphatic rings. The molecule has 0 aromatic heterocycles. The Morgan fingerprint density at radius 2 is 2.26 bits per heavy atom. The Hall–Kier alpha value is -0.970. The van der Waals surface area contributed by atoms with E-state index < -0.39 is 5.60 Å². The molecule has 0 bridgehead atoms. The third-order valence-electron chi connectivity index (χ3n) is 3.05. The molecule has 1 saturated heterocycles. The second kappa shape index (κ2) is 5.57. The van der Waals surface area contributed by atoms with E-state index in [4.69, 9.17) is 27.9 Å². The fraction of sp³-hybridized carbons (Fsp3) is 0.462. The van der Waals surface area contributed by atoms with Crippen LogP contribution in [0.2, 0.25) is 10.0 Å². The van der Waals surface area contributed by atoms with Gasteiger partial charge in [0.25, 0.3) is 5.91 Å². The number of carbonyl (C=O) groups excluding carboxylic acids is 1. The zero-order chi connectivity index (χ0) is 14.0. The van der Waals surface area contributed by atoms with Gasteiger partial charge in [-0.25, -0.2) is 0 Å². The number of hydrogen-bond donors (Lipinski definition) is 1. The predicted molar refractivity (Wildman–Crippen MR) is 73.8 cm³/mol. The van der Waals surface area contributed by atoms with Crippen molar-refractivity contribution in [3.8, 4) is 5.75 Å². The Kier molecular flexibility index (Phi) is 4.23. The van der Waals surface area contributed by atoms with Crippen LogP contribution >= 0.6 is 23.2 Å². The smallest absolute Gasteiger partial charge is 0.260 e. The van der Waals surface area contributed by atoms with Gasteiger partial charge in [-0.15, -0.1) is 0 Å². The molecule has 19 heavy (non-hydrogen) atoms. The zero-order valence-corrected chi connectivity index (χ0v) is 12.0. The Bertz CT molecular complexity index is 491. The predicted octanol–water partition coefficient (Wildman–Crippen LogP) is 2.36. The van der Waals surface area contributed by atoms with Gasteiger partial charge in [-0.3, -0.25) is 4.79 Å². The van der Waals surface area contributed by atoms with Gasteiger partial charge < -0.3 is 14.7 Å². The van der Waals surface area contributed by atoms with Gasteiger partial charge in [0.05, 0.1) is 10.6 Å². The van der Waals surface area contributed by atoms with Gasteiger partial charge in [0.2, 0.25) is 0 Å². The van der Waals surface area contributed by atoms with Crippen LogP contribution in [0.5, 0.6) is 5.75 Å². The Labute approximate surface area is 121 Å². The summed E-state index contributed by atoms with van der Waals surface area (Å²) in [6.07, 6.45) is 0.584. The standard InChI is InChI=1S/C13H15Cl2NO3/c1-13(18)4-5-16(8-13)12(17)7-19-11-3-2-9(14)6-10(11)15/h2-3,6,18H,4-5,7-8H2,1H3. The van der Waals surface area contributed by atoms with Crippen LogP contribution in [-0.2, 0) is 4.79 Å². The lowest BCUT2D eigenvalue weighted by Gasteiger charge is -2.19. The van der Waals surface area contributed by atoms with E-state index in [0.717, 1.165) is 0 Å². The zero-order valence-electron chi connectivity index (χ0n) is 10.5. The second-order valence-electron chi connectivity index (χ2n) is 4.93. The highest BCUT2D eigenvalue weighted by molar-refractivity contribution is 6.35. The number of carbonyl (C=O) groups is 1. The summed E-state index contributed by atoms with van der Waals surface area (Å²) < 4.78 is 5.37. The molecule has 0 spiro atoms. The van der Waals surface area contributed by atoms with Crippen LogP contribution in [0.15, 0.2) is 18.2 Å². The summed E-state index contributed by atoms with van der Waals surface area (Å²) in [5, 5.41) is 10.7. The van der Waals surface area contributed by atoms with E-state index in [-0.39, 0.29) is 12.5 Å². The maximum Gasteiger partial charge on any atom is 0.260 e. The summed E-state index contributed by atoms with van der Waals surface area (Å²) in [5.41, 5.74) is -0.798. The van der Waals surface area contributed by atoms with Gasteiger partial charge in [-0.1, -0.05) is 23.2 Å². The lowest BCUT2D eigenvalue weighted by Crippen LogP contribution is -2.36. The normalized spacial score (nSPS) is 22.6. The van der Waals surface area contributed by atoms with Crippen molar-refractivity contribution in [2.24, 2.45) is 0 Å². The second-order valence-corrected chi connectivity index (χ2v) is 5.77. The van der Waals surface area contributed by atoms with E-state index in [9.17, 15) is 9.90 Å². The van der Waals surface area contributed by atoms with Crippen LogP contribution in [0, 0.1) is 0 Å². The SMILES string of the molecule is CC1(O)CCN(C(=O)COc2ccc(Cl)cc2Cl)C1. The van der Waals surface area contributed by atoms with Crippen molar-refractivity contribution in [3.05, 3.63) is 28.2 Å². The Morgan fingerprint density at radius 1 is 1.53 bits per heavy atom. The number of benzene rings is 1. The molecule has 4 nitrogen and oxygen atoms in total. The molecule has 0 radical (unpaired) electrons. The van der Waals surface area contributed by atoms with Gasteiger partial charge in [-0.05, 0) is 31.5 Å². The van der Waals surface area contributed by atoms with E-state index in [1.54, 1.807) is 30.0 Å². The lowest BCUT2D eigenvalue weighted by atomic mass is 10.1. The summed E-state index contributed by atoms with van der Waals surface area (Å²) in [5.74, 6) is 0.258. The molecule has 6 heteroatoms. The maximum atomic E-state index is 11.9. The number of ether oxygens (including phenoxy) is 1. The molecular weight excluding hydrogens is 289 g/mol. The monoisotopic (exact) mass is 303 g/mol. The van der Waals surface area contributed by atoms with Crippen molar-refractivity contribution >= 4 is 29.1 Å². The lowest BCUT2D eigenvalue weighted by molar-refractivity contribution is -0.133. The number of aliphatic hydroxyl groups is 1. The number of amides is 1. The third kappa shape index (κ3) is 3.75. The number of halogens is 2. The van der Waals surface area contributed by atoms with Gasteiger partial charge >= 0.3 is 0 Å². The molecule has 0 saturated carbocycles. The van der Waals surface area contributed by atoms with E-state index in [1.165, 1.54) is 0 Å². The average Bonchev–Trinajstić information content (AvgIpc) is 2.68. The van der Waals surface area contributed by atoms with Gasteiger partial charge in [-0.2, -0.15) is 0 Å². The number of nitrogens with zero attached hydrogens (tertiary/aromatic N) is 1. The molecule has 104 valence electrons. The molecule has 1 unspecified atom stereocenters. The van der Waals surface area contributed by atoms with Crippen molar-refractivity contribution in [1.82, 2.24) is 4.90 Å². The molecule has 1 atom stereocenters. The number of likely N-dealkylation sites (tertiary alicyclic amines) is 1. The minimum atomic E-state index is -0.798. The van der Waals surface area contributed by atoms with E-state index in [0.29, 0.717) is 35.3 Å². The van der Waals surface area contributed by atoms with Crippen LogP contribution in [0.3, 0.4) is 0 Å². The van der Waals surface area contributed by atoms with Crippen molar-refractivity contribution in [1.29, 1.82) is 0 Å². The van der Waals surface area contributed by atoms with Crippen molar-refractivity contribution in [2.75, 3.05) is 19.7 Å². The van der Waals surface area contributed by atoms with Crippen LogP contribution < -0.4 is 4.74 Å². The fourth-order valence-corrected chi connectivity index (χ4v) is 2.44. The van der Waals surface area contributed by atoms with E-state index >= 15 is 0 Å². The van der Waals surface area contributed by atoms with E-state index in [2.05, 4.69) is 0 Å². The Morgan fingerprint density at radius 3 is 2.84 bits per heavy atom. The highest BCUT2D eigenvalue weighted by Gasteiger charge is 2.33. The quantitative estimate of drug-likeness (QED) is 0.932. The molecule has 1 heterocycles. The first kappa shape index (κ1) is 14.4. The van der Waals surface area contributed by atoms with Crippen LogP contribution in [0.1, 0.15) is 13.3 Å². The third-order valence-corrected chi connectivity index (χ3v) is 3.58. The molecule has 2 rings (SSSR count). The number of β-amino-alcohol motifs (C(OH)–C–C–N with tert-alkyl or cyclic N) is 1. The Balaban J connectivity index is 1.90. The first-order valence-electron chi connectivity index (χ1n) is 5.95. The molecule has 1 fully saturated rings. The molecule has 1 aromatic rings. The van der Waals surface area contributed by atoms with Gasteiger partial charge in [0, 0.05) is 18.1 Å². The summed E-state index contributed by atoms with van der Waals surface area (Å²) in [6.45, 7) is 2.50. The van der Waals surface area contributed by atoms with Gasteiger partial charge in [0.1, 0.15) is 5.75 Å². The van der Waals surface area contributed by atoms with E-state index in [1.807, 2.05) is 0 Å². The first-order chi connectivity index (χ1) is 8.87. The summed E-state index contributed by atoms with van der Waals surface area (Å²) in [7, 11) is 0. The number of rotatable bonds is 3. The highest BCUT2D eigenvalue weighted by Crippen LogP contribution is 2.27. The molecular formula is C13H15Cl2NO3. The van der Waals surface area contributed by atoms with Crippen molar-refractivity contribution < 1.29 is 14.6 Å². The van der Waals surface area contributed by atoms with Crippen molar-refractivity contribution in [2.45, 2.75) is 18.9 Å². The molecule has 0 aliphatic carbocycles. The average molecular weight is 304 g/mol. The summed E-state index contributed by atoms with van der Waals surface area (Å²) in [6, 6.07) is 4.83. The summed E-state index contributed by atoms with van der Waals surface area (Å²) in [4.78, 5) is 13.5. The van der Waals surface area contributed by atoms with Crippen LogP contribution in [-0.4, -0.2) is 41.2 Å². The minimum absolute atomic E-state index is 0.0998. The van der Waals surface area contributed by atoms with Gasteiger partial charge in [0.15, 0.2) is 6.61 Å².